The number of aromatic nitrogens is 3. The number of nitrogens with zero attached hydrogens (tertiary/aromatic N) is 4. The first-order valence-corrected chi connectivity index (χ1v) is 7.16. The molecule has 1 saturated carbocycles. The highest BCUT2D eigenvalue weighted by atomic mass is 15.3. The molecule has 2 atom stereocenters. The highest BCUT2D eigenvalue weighted by Crippen LogP contribution is 2.28. The molecular formula is C13H22N6. The zero-order valence-corrected chi connectivity index (χ0v) is 11.7. The third kappa shape index (κ3) is 2.72. The molecule has 19 heavy (non-hydrogen) atoms. The summed E-state index contributed by atoms with van der Waals surface area (Å²) < 4.78 is 2.24. The highest BCUT2D eigenvalue weighted by Gasteiger charge is 2.33. The molecule has 0 amide bonds. The lowest BCUT2D eigenvalue weighted by molar-refractivity contribution is 0.504. The van der Waals surface area contributed by atoms with Gasteiger partial charge in [-0.2, -0.15) is 0 Å². The summed E-state index contributed by atoms with van der Waals surface area (Å²) in [6, 6.07) is 0.582. The molecule has 2 N–H and O–H groups in total. The van der Waals surface area contributed by atoms with Gasteiger partial charge >= 0.3 is 0 Å². The first-order valence-electron chi connectivity index (χ1n) is 7.16. The van der Waals surface area contributed by atoms with Gasteiger partial charge in [0.25, 0.3) is 0 Å². The van der Waals surface area contributed by atoms with E-state index in [0.717, 1.165) is 36.5 Å². The molecule has 2 unspecified atom stereocenters. The summed E-state index contributed by atoms with van der Waals surface area (Å²) in [4.78, 5) is 4.25. The van der Waals surface area contributed by atoms with Crippen LogP contribution in [0, 0.1) is 5.92 Å². The topological polar surface area (TPSA) is 67.1 Å². The van der Waals surface area contributed by atoms with Gasteiger partial charge in [-0.05, 0) is 25.2 Å². The minimum Gasteiger partial charge on any atom is -0.353 e. The fraction of sp³-hybridized carbons (Fsp3) is 0.769. The summed E-state index contributed by atoms with van der Waals surface area (Å²) in [6.45, 7) is 3.98. The Morgan fingerprint density at radius 1 is 1.42 bits per heavy atom. The van der Waals surface area contributed by atoms with Gasteiger partial charge < -0.3 is 15.2 Å². The van der Waals surface area contributed by atoms with E-state index in [4.69, 9.17) is 0 Å². The van der Waals surface area contributed by atoms with Crippen LogP contribution in [0.15, 0.2) is 4.99 Å². The van der Waals surface area contributed by atoms with Gasteiger partial charge in [0.15, 0.2) is 11.8 Å². The predicted octanol–water partition coefficient (Wildman–Crippen LogP) is 0.688. The molecule has 0 bridgehead atoms. The number of rotatable bonds is 3. The Hall–Kier alpha value is -1.59. The van der Waals surface area contributed by atoms with Crippen LogP contribution in [0.25, 0.3) is 0 Å². The van der Waals surface area contributed by atoms with Crippen molar-refractivity contribution in [2.45, 2.75) is 51.7 Å². The van der Waals surface area contributed by atoms with E-state index in [1.165, 1.54) is 19.3 Å². The van der Waals surface area contributed by atoms with Gasteiger partial charge in [0, 0.05) is 26.1 Å². The summed E-state index contributed by atoms with van der Waals surface area (Å²) >= 11 is 0. The van der Waals surface area contributed by atoms with E-state index >= 15 is 0 Å². The van der Waals surface area contributed by atoms with Crippen LogP contribution in [0.4, 0.5) is 0 Å². The molecule has 0 spiro atoms. The lowest BCUT2D eigenvalue weighted by Gasteiger charge is -2.16. The summed E-state index contributed by atoms with van der Waals surface area (Å²) in [5, 5.41) is 15.3. The summed E-state index contributed by atoms with van der Waals surface area (Å²) in [5.74, 6) is 3.77. The fourth-order valence-corrected chi connectivity index (χ4v) is 2.56. The van der Waals surface area contributed by atoms with E-state index in [-0.39, 0.29) is 0 Å². The summed E-state index contributed by atoms with van der Waals surface area (Å²) in [6.07, 6.45) is 4.75. The Kier molecular flexibility index (Phi) is 3.40. The standard InChI is InChI=1S/C13H22N6/c1-9-7-10(9)16-13(14-2)15-8-12-18-17-11-5-3-4-6-19(11)12/h9-10H,3-8H2,1-2H3,(H2,14,15,16). The average molecular weight is 262 g/mol. The Bertz CT molecular complexity index is 477. The van der Waals surface area contributed by atoms with Crippen LogP contribution in [0.3, 0.4) is 0 Å². The van der Waals surface area contributed by atoms with Crippen LogP contribution >= 0.6 is 0 Å². The lowest BCUT2D eigenvalue weighted by Crippen LogP contribution is -2.39. The van der Waals surface area contributed by atoms with Crippen LogP contribution in [0.5, 0.6) is 0 Å². The molecule has 0 aromatic carbocycles. The first-order chi connectivity index (χ1) is 9.28. The molecule has 0 radical (unpaired) electrons. The molecule has 6 nitrogen and oxygen atoms in total. The molecule has 1 fully saturated rings. The van der Waals surface area contributed by atoms with Gasteiger partial charge in [-0.1, -0.05) is 6.92 Å². The van der Waals surface area contributed by atoms with Gasteiger partial charge in [0.1, 0.15) is 5.82 Å². The van der Waals surface area contributed by atoms with E-state index in [0.29, 0.717) is 12.6 Å². The average Bonchev–Trinajstić information content (AvgIpc) is 2.98. The van der Waals surface area contributed by atoms with Crippen molar-refractivity contribution >= 4 is 5.96 Å². The van der Waals surface area contributed by atoms with Gasteiger partial charge in [-0.25, -0.2) is 0 Å². The number of guanidine groups is 1. The minimum absolute atomic E-state index is 0.582. The van der Waals surface area contributed by atoms with Crippen molar-refractivity contribution in [3.05, 3.63) is 11.6 Å². The second kappa shape index (κ2) is 5.19. The maximum Gasteiger partial charge on any atom is 0.191 e. The molecule has 0 saturated heterocycles. The van der Waals surface area contributed by atoms with E-state index in [1.807, 2.05) is 7.05 Å². The van der Waals surface area contributed by atoms with Crippen molar-refractivity contribution in [3.63, 3.8) is 0 Å². The predicted molar refractivity (Wildman–Crippen MR) is 73.9 cm³/mol. The zero-order chi connectivity index (χ0) is 13.2. The third-order valence-electron chi connectivity index (χ3n) is 4.01. The van der Waals surface area contributed by atoms with Crippen LogP contribution in [0.2, 0.25) is 0 Å². The normalized spacial score (nSPS) is 25.9. The second-order valence-corrected chi connectivity index (χ2v) is 5.53. The van der Waals surface area contributed by atoms with E-state index in [1.54, 1.807) is 0 Å². The van der Waals surface area contributed by atoms with Crippen molar-refractivity contribution in [1.82, 2.24) is 25.4 Å². The smallest absolute Gasteiger partial charge is 0.191 e. The molecule has 3 rings (SSSR count). The number of aryl methyl sites for hydroxylation is 1. The Labute approximate surface area is 113 Å². The van der Waals surface area contributed by atoms with Crippen LogP contribution in [-0.2, 0) is 19.5 Å². The maximum absolute atomic E-state index is 4.28. The maximum atomic E-state index is 4.28. The van der Waals surface area contributed by atoms with Crippen molar-refractivity contribution in [3.8, 4) is 0 Å². The van der Waals surface area contributed by atoms with E-state index in [2.05, 4.69) is 37.3 Å². The van der Waals surface area contributed by atoms with Crippen molar-refractivity contribution in [2.24, 2.45) is 10.9 Å². The number of aliphatic imine (C=N–C) groups is 1. The summed E-state index contributed by atoms with van der Waals surface area (Å²) in [5.41, 5.74) is 0. The Balaban J connectivity index is 1.57. The van der Waals surface area contributed by atoms with Crippen LogP contribution in [0.1, 0.15) is 37.8 Å². The molecule has 2 heterocycles. The lowest BCUT2D eigenvalue weighted by atomic mass is 10.2. The monoisotopic (exact) mass is 262 g/mol. The largest absolute Gasteiger partial charge is 0.353 e. The first kappa shape index (κ1) is 12.4. The molecule has 1 aliphatic heterocycles. The molecule has 6 heteroatoms. The minimum atomic E-state index is 0.582. The summed E-state index contributed by atoms with van der Waals surface area (Å²) in [7, 11) is 1.81. The number of hydrogen-bond donors (Lipinski definition) is 2. The molecule has 1 aliphatic carbocycles. The van der Waals surface area contributed by atoms with Crippen LogP contribution in [-0.4, -0.2) is 33.8 Å². The molecule has 104 valence electrons. The van der Waals surface area contributed by atoms with Crippen molar-refractivity contribution in [1.29, 1.82) is 0 Å². The van der Waals surface area contributed by atoms with E-state index < -0.39 is 0 Å². The fourth-order valence-electron chi connectivity index (χ4n) is 2.56. The SMILES string of the molecule is CN=C(NCc1nnc2n1CCCC2)NC1CC1C. The molecule has 1 aromatic rings. The Morgan fingerprint density at radius 3 is 3.00 bits per heavy atom. The number of fused-ring (bicyclic) bond motifs is 1. The van der Waals surface area contributed by atoms with Crippen molar-refractivity contribution < 1.29 is 0 Å². The van der Waals surface area contributed by atoms with Gasteiger partial charge in [-0.3, -0.25) is 4.99 Å². The molecule has 2 aliphatic rings. The second-order valence-electron chi connectivity index (χ2n) is 5.53. The van der Waals surface area contributed by atoms with Gasteiger partial charge in [0.2, 0.25) is 0 Å². The number of nitrogens with one attached hydrogen (secondary N) is 2. The molecular weight excluding hydrogens is 240 g/mol. The zero-order valence-electron chi connectivity index (χ0n) is 11.7. The molecule has 1 aromatic heterocycles. The van der Waals surface area contributed by atoms with Gasteiger partial charge in [0.05, 0.1) is 6.54 Å². The van der Waals surface area contributed by atoms with Crippen molar-refractivity contribution in [2.75, 3.05) is 7.05 Å². The van der Waals surface area contributed by atoms with Crippen LogP contribution < -0.4 is 10.6 Å². The quantitative estimate of drug-likeness (QED) is 0.621. The van der Waals surface area contributed by atoms with E-state index in [9.17, 15) is 0 Å². The third-order valence-corrected chi connectivity index (χ3v) is 4.01. The Morgan fingerprint density at radius 2 is 2.26 bits per heavy atom. The number of hydrogen-bond acceptors (Lipinski definition) is 3. The highest BCUT2D eigenvalue weighted by molar-refractivity contribution is 5.80. The van der Waals surface area contributed by atoms with Gasteiger partial charge in [-0.15, -0.1) is 10.2 Å².